The molecule has 34 heavy (non-hydrogen) atoms. The molecule has 6 aromatic rings. The van der Waals surface area contributed by atoms with Gasteiger partial charge in [-0.1, -0.05) is 108 Å². The summed E-state index contributed by atoms with van der Waals surface area (Å²) in [6.07, 6.45) is 0. The van der Waals surface area contributed by atoms with E-state index in [0.29, 0.717) is 0 Å². The highest BCUT2D eigenvalue weighted by molar-refractivity contribution is 7.16. The van der Waals surface area contributed by atoms with Gasteiger partial charge >= 0.3 is 0 Å². The van der Waals surface area contributed by atoms with E-state index in [0.717, 1.165) is 22.7 Å². The Morgan fingerprint density at radius 1 is 0.471 bits per heavy atom. The van der Waals surface area contributed by atoms with Crippen molar-refractivity contribution < 1.29 is 0 Å². The van der Waals surface area contributed by atoms with Gasteiger partial charge in [0.25, 0.3) is 0 Å². The predicted octanol–water partition coefficient (Wildman–Crippen LogP) is 6.23. The van der Waals surface area contributed by atoms with Gasteiger partial charge in [-0.25, -0.2) is 0 Å². The molecule has 0 aliphatic carbocycles. The van der Waals surface area contributed by atoms with Crippen LogP contribution in [0.3, 0.4) is 0 Å². The molecule has 0 fully saturated rings. The molecule has 6 heteroatoms. The van der Waals surface area contributed by atoms with Gasteiger partial charge in [0.05, 0.1) is 33.5 Å². The Labute approximate surface area is 205 Å². The van der Waals surface area contributed by atoms with Gasteiger partial charge in [0.2, 0.25) is 9.60 Å². The zero-order valence-corrected chi connectivity index (χ0v) is 20.0. The van der Waals surface area contributed by atoms with Crippen LogP contribution in [0.25, 0.3) is 20.4 Å². The monoisotopic (exact) mass is 478 g/mol. The summed E-state index contributed by atoms with van der Waals surface area (Å²) < 4.78 is 6.93. The van der Waals surface area contributed by atoms with Gasteiger partial charge in [-0.3, -0.25) is 0 Å². The molecular formula is C28H22N4S2. The molecule has 0 N–H and O–H groups in total. The maximum absolute atomic E-state index is 4.80. The number of hydrogen-bond donors (Lipinski definition) is 0. The third kappa shape index (κ3) is 4.14. The minimum Gasteiger partial charge on any atom is -0.311 e. The van der Waals surface area contributed by atoms with Gasteiger partial charge < -0.3 is 9.13 Å². The number of para-hydroxylation sites is 2. The van der Waals surface area contributed by atoms with Crippen LogP contribution in [0.4, 0.5) is 0 Å². The van der Waals surface area contributed by atoms with Crippen LogP contribution in [0.1, 0.15) is 11.1 Å². The van der Waals surface area contributed by atoms with E-state index >= 15 is 0 Å². The van der Waals surface area contributed by atoms with Crippen LogP contribution >= 0.6 is 22.7 Å². The third-order valence-electron chi connectivity index (χ3n) is 5.76. The van der Waals surface area contributed by atoms with E-state index < -0.39 is 0 Å². The van der Waals surface area contributed by atoms with Crippen molar-refractivity contribution in [2.75, 3.05) is 0 Å². The van der Waals surface area contributed by atoms with Gasteiger partial charge in [0.15, 0.2) is 0 Å². The fourth-order valence-corrected chi connectivity index (χ4v) is 6.08. The molecule has 0 saturated carbocycles. The Bertz CT molecular complexity index is 1570. The number of benzene rings is 4. The summed E-state index contributed by atoms with van der Waals surface area (Å²) in [6.45, 7) is 1.52. The van der Waals surface area contributed by atoms with Crippen molar-refractivity contribution in [2.45, 2.75) is 13.1 Å². The molecule has 2 heterocycles. The lowest BCUT2D eigenvalue weighted by Crippen LogP contribution is -2.18. The molecule has 0 spiro atoms. The molecule has 0 unspecified atom stereocenters. The Balaban J connectivity index is 1.52. The zero-order chi connectivity index (χ0) is 22.7. The van der Waals surface area contributed by atoms with Crippen molar-refractivity contribution >= 4 is 43.1 Å². The van der Waals surface area contributed by atoms with Crippen molar-refractivity contribution in [3.8, 4) is 0 Å². The number of fused-ring (bicyclic) bond motifs is 2. The van der Waals surface area contributed by atoms with Gasteiger partial charge in [0, 0.05) is 0 Å². The zero-order valence-electron chi connectivity index (χ0n) is 18.4. The normalized spacial score (nSPS) is 12.7. The Kier molecular flexibility index (Phi) is 5.67. The summed E-state index contributed by atoms with van der Waals surface area (Å²) in [7, 11) is 0. The van der Waals surface area contributed by atoms with E-state index in [1.807, 2.05) is 12.1 Å². The average Bonchev–Trinajstić information content (AvgIpc) is 3.42. The van der Waals surface area contributed by atoms with E-state index in [4.69, 9.17) is 10.2 Å². The summed E-state index contributed by atoms with van der Waals surface area (Å²) in [5.41, 5.74) is 4.85. The summed E-state index contributed by atoms with van der Waals surface area (Å²) in [4.78, 5) is 1.79. The molecule has 0 aliphatic rings. The Morgan fingerprint density at radius 3 is 1.29 bits per heavy atom. The third-order valence-corrected chi connectivity index (χ3v) is 7.86. The average molecular weight is 479 g/mol. The quantitative estimate of drug-likeness (QED) is 0.263. The van der Waals surface area contributed by atoms with E-state index in [9.17, 15) is 0 Å². The van der Waals surface area contributed by atoms with E-state index in [1.165, 1.54) is 31.6 Å². The van der Waals surface area contributed by atoms with Crippen LogP contribution in [-0.4, -0.2) is 9.13 Å². The second-order valence-corrected chi connectivity index (χ2v) is 10.1. The number of thiazole rings is 2. The lowest BCUT2D eigenvalue weighted by atomic mass is 10.2. The van der Waals surface area contributed by atoms with Gasteiger partial charge in [-0.15, -0.1) is 10.2 Å². The Hall–Kier alpha value is -3.74. The van der Waals surface area contributed by atoms with Crippen LogP contribution < -0.4 is 9.60 Å². The molecule has 0 bridgehead atoms. The van der Waals surface area contributed by atoms with Gasteiger partial charge in [0.1, 0.15) is 0 Å². The molecule has 0 saturated heterocycles. The van der Waals surface area contributed by atoms with Crippen LogP contribution in [-0.2, 0) is 13.1 Å². The topological polar surface area (TPSA) is 34.6 Å². The first-order chi connectivity index (χ1) is 16.8. The maximum atomic E-state index is 4.80. The highest BCUT2D eigenvalue weighted by Gasteiger charge is 2.08. The molecular weight excluding hydrogens is 456 g/mol. The number of nitrogens with zero attached hydrogens (tertiary/aromatic N) is 4. The summed E-state index contributed by atoms with van der Waals surface area (Å²) in [6, 6.07) is 37.9. The van der Waals surface area contributed by atoms with Crippen LogP contribution in [0.2, 0.25) is 0 Å². The molecule has 4 aromatic carbocycles. The fraction of sp³-hybridized carbons (Fsp3) is 0.0714. The SMILES string of the molecule is c1ccc(Cn2c(=NN=c3sc4ccccc4n3Cc3ccccc3)sc3ccccc32)cc1. The van der Waals surface area contributed by atoms with Crippen molar-refractivity contribution in [1.82, 2.24) is 9.13 Å². The molecule has 6 rings (SSSR count). The van der Waals surface area contributed by atoms with Crippen LogP contribution in [0, 0.1) is 0 Å². The predicted molar refractivity (Wildman–Crippen MR) is 142 cm³/mol. The standard InChI is InChI=1S/C28H22N4S2/c1-3-11-21(12-4-1)19-31-23-15-7-9-17-25(23)33-27(31)29-30-28-32(20-22-13-5-2-6-14-22)24-16-8-10-18-26(24)34-28/h1-18H,19-20H2. The first kappa shape index (κ1) is 20.8. The molecule has 2 aromatic heterocycles. The van der Waals surface area contributed by atoms with Gasteiger partial charge in [-0.2, -0.15) is 0 Å². The van der Waals surface area contributed by atoms with Crippen molar-refractivity contribution in [3.63, 3.8) is 0 Å². The number of hydrogen-bond acceptors (Lipinski definition) is 4. The number of aromatic nitrogens is 2. The highest BCUT2D eigenvalue weighted by atomic mass is 32.1. The smallest absolute Gasteiger partial charge is 0.212 e. The largest absolute Gasteiger partial charge is 0.311 e. The first-order valence-corrected chi connectivity index (χ1v) is 12.8. The van der Waals surface area contributed by atoms with E-state index in [1.54, 1.807) is 22.7 Å². The molecule has 0 radical (unpaired) electrons. The van der Waals surface area contributed by atoms with Gasteiger partial charge in [-0.05, 0) is 35.4 Å². The summed E-state index contributed by atoms with van der Waals surface area (Å²) in [5.74, 6) is 0. The lowest BCUT2D eigenvalue weighted by molar-refractivity contribution is 0.762. The molecule has 0 amide bonds. The second kappa shape index (κ2) is 9.25. The van der Waals surface area contributed by atoms with Crippen LogP contribution in [0.15, 0.2) is 119 Å². The van der Waals surface area contributed by atoms with E-state index in [2.05, 4.69) is 106 Å². The summed E-state index contributed by atoms with van der Waals surface area (Å²) in [5, 5.41) is 9.61. The molecule has 166 valence electrons. The molecule has 0 aliphatic heterocycles. The minimum absolute atomic E-state index is 0.760. The molecule has 0 atom stereocenters. The molecule has 4 nitrogen and oxygen atoms in total. The second-order valence-electron chi connectivity index (χ2n) is 8.05. The first-order valence-electron chi connectivity index (χ1n) is 11.2. The lowest BCUT2D eigenvalue weighted by Gasteiger charge is -2.05. The number of rotatable bonds is 5. The van der Waals surface area contributed by atoms with Crippen molar-refractivity contribution in [2.24, 2.45) is 10.2 Å². The van der Waals surface area contributed by atoms with E-state index in [-0.39, 0.29) is 0 Å². The fourth-order valence-electron chi connectivity index (χ4n) is 4.12. The Morgan fingerprint density at radius 2 is 0.853 bits per heavy atom. The van der Waals surface area contributed by atoms with Crippen molar-refractivity contribution in [3.05, 3.63) is 130 Å². The van der Waals surface area contributed by atoms with Crippen LogP contribution in [0.5, 0.6) is 0 Å². The summed E-state index contributed by atoms with van der Waals surface area (Å²) >= 11 is 3.35. The highest BCUT2D eigenvalue weighted by Crippen LogP contribution is 2.19. The van der Waals surface area contributed by atoms with Crippen molar-refractivity contribution in [1.29, 1.82) is 0 Å². The minimum atomic E-state index is 0.760. The maximum Gasteiger partial charge on any atom is 0.212 e.